The smallest absolute Gasteiger partial charge is 0.0452 e. The molecule has 2 nitrogen and oxygen atoms in total. The van der Waals surface area contributed by atoms with Gasteiger partial charge in [-0.1, -0.05) is 23.2 Å². The summed E-state index contributed by atoms with van der Waals surface area (Å²) in [5, 5.41) is 1.54. The van der Waals surface area contributed by atoms with Crippen LogP contribution in [0.2, 0.25) is 10.0 Å². The van der Waals surface area contributed by atoms with Gasteiger partial charge in [0.1, 0.15) is 0 Å². The van der Waals surface area contributed by atoms with Crippen molar-refractivity contribution >= 4 is 23.2 Å². The molecular formula is C13H18Cl2N2. The highest BCUT2D eigenvalue weighted by molar-refractivity contribution is 6.33. The Labute approximate surface area is 113 Å². The van der Waals surface area contributed by atoms with Crippen molar-refractivity contribution < 1.29 is 0 Å². The van der Waals surface area contributed by atoms with Gasteiger partial charge < -0.3 is 5.73 Å². The third kappa shape index (κ3) is 3.59. The maximum absolute atomic E-state index is 6.18. The minimum Gasteiger partial charge on any atom is -0.330 e. The molecule has 0 aliphatic carbocycles. The Kier molecular flexibility index (Phi) is 4.69. The topological polar surface area (TPSA) is 29.3 Å². The fourth-order valence-electron chi connectivity index (χ4n) is 2.39. The summed E-state index contributed by atoms with van der Waals surface area (Å²) < 4.78 is 0. The molecule has 4 heteroatoms. The summed E-state index contributed by atoms with van der Waals surface area (Å²) in [6, 6.07) is 5.64. The lowest BCUT2D eigenvalue weighted by Gasteiger charge is -2.32. The Bertz CT molecular complexity index is 382. The highest BCUT2D eigenvalue weighted by Crippen LogP contribution is 2.24. The number of nitrogens with two attached hydrogens (primary N) is 1. The number of rotatable bonds is 3. The summed E-state index contributed by atoms with van der Waals surface area (Å²) in [6.07, 6.45) is 2.47. The number of hydrogen-bond donors (Lipinski definition) is 1. The number of hydrogen-bond acceptors (Lipinski definition) is 2. The summed E-state index contributed by atoms with van der Waals surface area (Å²) in [5.41, 5.74) is 6.85. The zero-order valence-electron chi connectivity index (χ0n) is 9.83. The third-order valence-corrected chi connectivity index (χ3v) is 3.94. The van der Waals surface area contributed by atoms with E-state index in [1.807, 2.05) is 18.2 Å². The minimum absolute atomic E-state index is 0.627. The molecule has 0 unspecified atom stereocenters. The molecule has 0 aromatic heterocycles. The van der Waals surface area contributed by atoms with E-state index in [0.717, 1.165) is 41.8 Å². The Balaban J connectivity index is 2.02. The van der Waals surface area contributed by atoms with Gasteiger partial charge >= 0.3 is 0 Å². The lowest BCUT2D eigenvalue weighted by atomic mass is 9.98. The van der Waals surface area contributed by atoms with Gasteiger partial charge in [0.05, 0.1) is 0 Å². The van der Waals surface area contributed by atoms with E-state index in [1.54, 1.807) is 0 Å². The molecule has 1 aliphatic rings. The van der Waals surface area contributed by atoms with Gasteiger partial charge in [-0.05, 0) is 55.6 Å². The largest absolute Gasteiger partial charge is 0.330 e. The number of likely N-dealkylation sites (tertiary alicyclic amines) is 1. The zero-order valence-corrected chi connectivity index (χ0v) is 11.3. The summed E-state index contributed by atoms with van der Waals surface area (Å²) in [6.45, 7) is 3.84. The monoisotopic (exact) mass is 272 g/mol. The summed E-state index contributed by atoms with van der Waals surface area (Å²) in [5.74, 6) is 0.627. The highest BCUT2D eigenvalue weighted by Gasteiger charge is 2.19. The van der Waals surface area contributed by atoms with E-state index < -0.39 is 0 Å². The van der Waals surface area contributed by atoms with Crippen LogP contribution in [0.4, 0.5) is 0 Å². The number of halogens is 2. The fourth-order valence-corrected chi connectivity index (χ4v) is 2.76. The molecule has 1 aromatic carbocycles. The average molecular weight is 273 g/mol. The first-order valence-corrected chi connectivity index (χ1v) is 6.81. The van der Waals surface area contributed by atoms with Crippen molar-refractivity contribution in [1.29, 1.82) is 0 Å². The summed E-state index contributed by atoms with van der Waals surface area (Å²) in [4.78, 5) is 2.42. The third-order valence-electron chi connectivity index (χ3n) is 3.34. The highest BCUT2D eigenvalue weighted by atomic mass is 35.5. The normalized spacial score (nSPS) is 21.7. The van der Waals surface area contributed by atoms with E-state index >= 15 is 0 Å². The van der Waals surface area contributed by atoms with Gasteiger partial charge in [0.25, 0.3) is 0 Å². The van der Waals surface area contributed by atoms with Crippen LogP contribution in [0.25, 0.3) is 0 Å². The minimum atomic E-state index is 0.627. The second-order valence-electron chi connectivity index (χ2n) is 4.71. The van der Waals surface area contributed by atoms with Crippen LogP contribution in [0, 0.1) is 5.92 Å². The second-order valence-corrected chi connectivity index (χ2v) is 5.56. The van der Waals surface area contributed by atoms with Crippen molar-refractivity contribution in [3.8, 4) is 0 Å². The van der Waals surface area contributed by atoms with Crippen LogP contribution in [-0.4, -0.2) is 24.5 Å². The summed E-state index contributed by atoms with van der Waals surface area (Å²) >= 11 is 12.2. The van der Waals surface area contributed by atoms with Crippen LogP contribution in [0.1, 0.15) is 18.4 Å². The summed E-state index contributed by atoms with van der Waals surface area (Å²) in [7, 11) is 0. The molecule has 0 amide bonds. The number of benzene rings is 1. The van der Waals surface area contributed by atoms with Gasteiger partial charge in [0.15, 0.2) is 0 Å². The molecule has 2 rings (SSSR count). The molecule has 0 spiro atoms. The fraction of sp³-hybridized carbons (Fsp3) is 0.538. The van der Waals surface area contributed by atoms with Crippen molar-refractivity contribution in [2.75, 3.05) is 19.6 Å². The average Bonchev–Trinajstić information content (AvgIpc) is 2.34. The predicted octanol–water partition coefficient (Wildman–Crippen LogP) is 3.16. The number of nitrogens with zero attached hydrogens (tertiary/aromatic N) is 1. The molecule has 0 bridgehead atoms. The molecule has 1 aliphatic heterocycles. The van der Waals surface area contributed by atoms with Gasteiger partial charge in [-0.2, -0.15) is 0 Å². The first-order chi connectivity index (χ1) is 8.19. The Morgan fingerprint density at radius 3 is 2.94 bits per heavy atom. The van der Waals surface area contributed by atoms with E-state index in [9.17, 15) is 0 Å². The van der Waals surface area contributed by atoms with E-state index in [0.29, 0.717) is 5.92 Å². The maximum atomic E-state index is 6.18. The van der Waals surface area contributed by atoms with Crippen molar-refractivity contribution in [3.05, 3.63) is 33.8 Å². The van der Waals surface area contributed by atoms with Gasteiger partial charge in [-0.3, -0.25) is 4.90 Å². The first kappa shape index (κ1) is 13.2. The number of piperidine rings is 1. The standard InChI is InChI=1S/C13H18Cl2N2/c14-12-3-4-13(15)11(6-12)9-17-5-1-2-10(7-16)8-17/h3-4,6,10H,1-2,5,7-9,16H2/t10-/m1/s1. The van der Waals surface area contributed by atoms with E-state index in [1.165, 1.54) is 12.8 Å². The molecule has 1 fully saturated rings. The SMILES string of the molecule is NC[C@H]1CCCN(Cc2cc(Cl)ccc2Cl)C1. The molecule has 17 heavy (non-hydrogen) atoms. The molecule has 94 valence electrons. The zero-order chi connectivity index (χ0) is 12.3. The Morgan fingerprint density at radius 1 is 1.35 bits per heavy atom. The van der Waals surface area contributed by atoms with Crippen molar-refractivity contribution in [3.63, 3.8) is 0 Å². The maximum Gasteiger partial charge on any atom is 0.0452 e. The quantitative estimate of drug-likeness (QED) is 0.916. The molecule has 1 atom stereocenters. The van der Waals surface area contributed by atoms with Crippen LogP contribution in [0.5, 0.6) is 0 Å². The van der Waals surface area contributed by atoms with Crippen LogP contribution in [0.15, 0.2) is 18.2 Å². The predicted molar refractivity (Wildman–Crippen MR) is 73.5 cm³/mol. The van der Waals surface area contributed by atoms with E-state index in [4.69, 9.17) is 28.9 Å². The lowest BCUT2D eigenvalue weighted by Crippen LogP contribution is -2.37. The van der Waals surface area contributed by atoms with Gasteiger partial charge in [-0.15, -0.1) is 0 Å². The molecule has 0 radical (unpaired) electrons. The van der Waals surface area contributed by atoms with Gasteiger partial charge in [0, 0.05) is 23.1 Å². The van der Waals surface area contributed by atoms with Gasteiger partial charge in [-0.25, -0.2) is 0 Å². The molecule has 1 saturated heterocycles. The lowest BCUT2D eigenvalue weighted by molar-refractivity contribution is 0.171. The molecule has 0 saturated carbocycles. The van der Waals surface area contributed by atoms with Crippen molar-refractivity contribution in [2.45, 2.75) is 19.4 Å². The Hall–Kier alpha value is -0.280. The van der Waals surface area contributed by atoms with E-state index in [2.05, 4.69) is 4.90 Å². The Morgan fingerprint density at radius 2 is 2.18 bits per heavy atom. The molecule has 1 heterocycles. The first-order valence-electron chi connectivity index (χ1n) is 6.05. The van der Waals surface area contributed by atoms with Crippen LogP contribution >= 0.6 is 23.2 Å². The van der Waals surface area contributed by atoms with Crippen LogP contribution < -0.4 is 5.73 Å². The van der Waals surface area contributed by atoms with Crippen LogP contribution in [0.3, 0.4) is 0 Å². The molecule has 1 aromatic rings. The van der Waals surface area contributed by atoms with Gasteiger partial charge in [0.2, 0.25) is 0 Å². The molecule has 2 N–H and O–H groups in total. The van der Waals surface area contributed by atoms with Crippen molar-refractivity contribution in [2.24, 2.45) is 11.7 Å². The van der Waals surface area contributed by atoms with Crippen molar-refractivity contribution in [1.82, 2.24) is 4.90 Å². The second kappa shape index (κ2) is 6.05. The molecular weight excluding hydrogens is 255 g/mol. The van der Waals surface area contributed by atoms with Crippen LogP contribution in [-0.2, 0) is 6.54 Å². The van der Waals surface area contributed by atoms with E-state index in [-0.39, 0.29) is 0 Å².